The number of amides is 2. The van der Waals surface area contributed by atoms with Gasteiger partial charge in [0.15, 0.2) is 0 Å². The molecule has 0 saturated carbocycles. The van der Waals surface area contributed by atoms with Crippen LogP contribution in [-0.2, 0) is 14.3 Å². The van der Waals surface area contributed by atoms with Crippen LogP contribution in [0.2, 0.25) is 0 Å². The first-order chi connectivity index (χ1) is 9.24. The fourth-order valence-corrected chi connectivity index (χ4v) is 1.63. The van der Waals surface area contributed by atoms with Crippen LogP contribution < -0.4 is 10.6 Å². The molecule has 0 spiro atoms. The Balaban J connectivity index is 4.73. The van der Waals surface area contributed by atoms with Crippen molar-refractivity contribution in [1.29, 1.82) is 0 Å². The molecule has 20 heavy (non-hydrogen) atoms. The Kier molecular flexibility index (Phi) is 7.64. The van der Waals surface area contributed by atoms with E-state index in [0.717, 1.165) is 0 Å². The van der Waals surface area contributed by atoms with Gasteiger partial charge in [0.2, 0.25) is 0 Å². The van der Waals surface area contributed by atoms with Crippen molar-refractivity contribution in [1.82, 2.24) is 10.6 Å². The van der Waals surface area contributed by atoms with Gasteiger partial charge in [-0.15, -0.1) is 0 Å². The van der Waals surface area contributed by atoms with Crippen LogP contribution in [0, 0.1) is 11.8 Å². The average molecular weight is 288 g/mol. The lowest BCUT2D eigenvalue weighted by Gasteiger charge is -2.24. The second-order valence-corrected chi connectivity index (χ2v) is 5.06. The van der Waals surface area contributed by atoms with E-state index in [4.69, 9.17) is 5.11 Å². The van der Waals surface area contributed by atoms with Gasteiger partial charge >= 0.3 is 18.0 Å². The Hall–Kier alpha value is -1.79. The number of urea groups is 1. The lowest BCUT2D eigenvalue weighted by atomic mass is 9.99. The molecular formula is C13H24N2O5. The summed E-state index contributed by atoms with van der Waals surface area (Å²) in [5.41, 5.74) is 0. The second-order valence-electron chi connectivity index (χ2n) is 5.06. The normalized spacial score (nSPS) is 15.1. The number of ether oxygens (including phenoxy) is 1. The summed E-state index contributed by atoms with van der Waals surface area (Å²) in [5, 5.41) is 13.9. The van der Waals surface area contributed by atoms with Crippen LogP contribution in [-0.4, -0.2) is 42.3 Å². The number of carbonyl (C=O) groups excluding carboxylic acids is 2. The first-order valence-corrected chi connectivity index (χ1v) is 6.62. The fraction of sp³-hybridized carbons (Fsp3) is 0.769. The Bertz CT molecular complexity index is 351. The molecule has 0 aromatic heterocycles. The SMILES string of the molecule is CC[C@H](C)[C@H](NC(=O)NC(C(=O)OC)C(C)C)C(=O)O. The van der Waals surface area contributed by atoms with Crippen molar-refractivity contribution < 1.29 is 24.2 Å². The van der Waals surface area contributed by atoms with Crippen molar-refractivity contribution in [2.24, 2.45) is 11.8 Å². The van der Waals surface area contributed by atoms with E-state index in [2.05, 4.69) is 15.4 Å². The molecule has 7 heteroatoms. The fourth-order valence-electron chi connectivity index (χ4n) is 1.63. The van der Waals surface area contributed by atoms with Crippen LogP contribution in [0.1, 0.15) is 34.1 Å². The predicted octanol–water partition coefficient (Wildman–Crippen LogP) is 0.983. The molecular weight excluding hydrogens is 264 g/mol. The summed E-state index contributed by atoms with van der Waals surface area (Å²) in [6.45, 7) is 7.08. The second kappa shape index (κ2) is 8.39. The zero-order valence-corrected chi connectivity index (χ0v) is 12.6. The number of carboxylic acids is 1. The van der Waals surface area contributed by atoms with Crippen LogP contribution >= 0.6 is 0 Å². The van der Waals surface area contributed by atoms with Crippen LogP contribution in [0.15, 0.2) is 0 Å². The summed E-state index contributed by atoms with van der Waals surface area (Å²) in [4.78, 5) is 34.4. The van der Waals surface area contributed by atoms with E-state index in [9.17, 15) is 14.4 Å². The molecule has 0 aliphatic heterocycles. The third-order valence-corrected chi connectivity index (χ3v) is 3.17. The van der Waals surface area contributed by atoms with Crippen molar-refractivity contribution >= 4 is 18.0 Å². The van der Waals surface area contributed by atoms with Crippen LogP contribution in [0.5, 0.6) is 0 Å². The van der Waals surface area contributed by atoms with Gasteiger partial charge in [-0.1, -0.05) is 34.1 Å². The molecule has 0 aliphatic carbocycles. The van der Waals surface area contributed by atoms with E-state index >= 15 is 0 Å². The number of hydrogen-bond acceptors (Lipinski definition) is 4. The molecule has 0 rings (SSSR count). The largest absolute Gasteiger partial charge is 0.480 e. The third-order valence-electron chi connectivity index (χ3n) is 3.17. The smallest absolute Gasteiger partial charge is 0.328 e. The number of carboxylic acid groups (broad SMARTS) is 1. The predicted molar refractivity (Wildman–Crippen MR) is 73.2 cm³/mol. The molecule has 0 fully saturated rings. The van der Waals surface area contributed by atoms with E-state index in [-0.39, 0.29) is 11.8 Å². The molecule has 0 aromatic carbocycles. The summed E-state index contributed by atoms with van der Waals surface area (Å²) < 4.78 is 4.60. The zero-order chi connectivity index (χ0) is 15.9. The molecule has 0 heterocycles. The summed E-state index contributed by atoms with van der Waals surface area (Å²) in [6, 6.07) is -2.50. The third kappa shape index (κ3) is 5.46. The van der Waals surface area contributed by atoms with Crippen molar-refractivity contribution in [3.63, 3.8) is 0 Å². The number of aliphatic carboxylic acids is 1. The van der Waals surface area contributed by atoms with E-state index in [1.54, 1.807) is 20.8 Å². The molecule has 0 aliphatic rings. The van der Waals surface area contributed by atoms with Gasteiger partial charge in [-0.25, -0.2) is 14.4 Å². The lowest BCUT2D eigenvalue weighted by Crippen LogP contribution is -2.54. The topological polar surface area (TPSA) is 105 Å². The van der Waals surface area contributed by atoms with Gasteiger partial charge in [-0.3, -0.25) is 0 Å². The highest BCUT2D eigenvalue weighted by molar-refractivity contribution is 5.86. The zero-order valence-electron chi connectivity index (χ0n) is 12.6. The Morgan fingerprint density at radius 2 is 1.60 bits per heavy atom. The van der Waals surface area contributed by atoms with Crippen molar-refractivity contribution in [2.45, 2.75) is 46.2 Å². The molecule has 7 nitrogen and oxygen atoms in total. The Morgan fingerprint density at radius 1 is 1.10 bits per heavy atom. The van der Waals surface area contributed by atoms with Gasteiger partial charge in [0.25, 0.3) is 0 Å². The summed E-state index contributed by atoms with van der Waals surface area (Å²) in [5.74, 6) is -2.05. The van der Waals surface area contributed by atoms with Gasteiger partial charge in [-0.05, 0) is 11.8 Å². The van der Waals surface area contributed by atoms with Crippen molar-refractivity contribution in [3.05, 3.63) is 0 Å². The first kappa shape index (κ1) is 18.2. The quantitative estimate of drug-likeness (QED) is 0.606. The summed E-state index contributed by atoms with van der Waals surface area (Å²) in [6.07, 6.45) is 0.613. The number of rotatable bonds is 7. The molecule has 0 radical (unpaired) electrons. The average Bonchev–Trinajstić information content (AvgIpc) is 2.39. The minimum Gasteiger partial charge on any atom is -0.480 e. The highest BCUT2D eigenvalue weighted by Crippen LogP contribution is 2.08. The number of methoxy groups -OCH3 is 1. The van der Waals surface area contributed by atoms with Gasteiger partial charge in [0.1, 0.15) is 12.1 Å². The number of esters is 1. The summed E-state index contributed by atoms with van der Waals surface area (Å²) in [7, 11) is 1.23. The molecule has 0 bridgehead atoms. The summed E-state index contributed by atoms with van der Waals surface area (Å²) >= 11 is 0. The minimum atomic E-state index is -1.10. The molecule has 2 amide bonds. The molecule has 1 unspecified atom stereocenters. The number of nitrogens with one attached hydrogen (secondary N) is 2. The molecule has 3 atom stereocenters. The monoisotopic (exact) mass is 288 g/mol. The van der Waals surface area contributed by atoms with E-state index in [0.29, 0.717) is 6.42 Å². The Labute approximate surface area is 119 Å². The molecule has 0 aromatic rings. The van der Waals surface area contributed by atoms with E-state index in [1.165, 1.54) is 7.11 Å². The number of hydrogen-bond donors (Lipinski definition) is 3. The highest BCUT2D eigenvalue weighted by atomic mass is 16.5. The van der Waals surface area contributed by atoms with Crippen molar-refractivity contribution in [2.75, 3.05) is 7.11 Å². The van der Waals surface area contributed by atoms with Crippen LogP contribution in [0.3, 0.4) is 0 Å². The molecule has 0 saturated heterocycles. The van der Waals surface area contributed by atoms with Crippen LogP contribution in [0.25, 0.3) is 0 Å². The van der Waals surface area contributed by atoms with Gasteiger partial charge in [-0.2, -0.15) is 0 Å². The van der Waals surface area contributed by atoms with E-state index < -0.39 is 30.1 Å². The van der Waals surface area contributed by atoms with Gasteiger partial charge < -0.3 is 20.5 Å². The Morgan fingerprint density at radius 3 is 1.95 bits per heavy atom. The standard InChI is InChI=1S/C13H24N2O5/c1-6-8(4)10(11(16)17)15-13(19)14-9(7(2)3)12(18)20-5/h7-10H,6H2,1-5H3,(H,16,17)(H2,14,15,19)/t8-,9?,10-/m0/s1. The van der Waals surface area contributed by atoms with Gasteiger partial charge in [0, 0.05) is 0 Å². The van der Waals surface area contributed by atoms with Crippen LogP contribution in [0.4, 0.5) is 4.79 Å². The maximum atomic E-state index is 11.8. The maximum Gasteiger partial charge on any atom is 0.328 e. The van der Waals surface area contributed by atoms with E-state index in [1.807, 2.05) is 6.92 Å². The first-order valence-electron chi connectivity index (χ1n) is 6.62. The molecule has 116 valence electrons. The van der Waals surface area contributed by atoms with Crippen molar-refractivity contribution in [3.8, 4) is 0 Å². The minimum absolute atomic E-state index is 0.167. The van der Waals surface area contributed by atoms with Gasteiger partial charge in [0.05, 0.1) is 7.11 Å². The molecule has 3 N–H and O–H groups in total. The highest BCUT2D eigenvalue weighted by Gasteiger charge is 2.29. The number of carbonyl (C=O) groups is 3. The maximum absolute atomic E-state index is 11.8. The lowest BCUT2D eigenvalue weighted by molar-refractivity contribution is -0.144.